The third kappa shape index (κ3) is 4.16. The van der Waals surface area contributed by atoms with E-state index in [0.717, 1.165) is 25.7 Å². The highest BCUT2D eigenvalue weighted by Crippen LogP contribution is 2.38. The molecule has 0 spiro atoms. The number of hydrogen-bond acceptors (Lipinski definition) is 2. The first-order chi connectivity index (χ1) is 9.91. The van der Waals surface area contributed by atoms with Crippen LogP contribution >= 0.6 is 0 Å². The molecule has 2 heteroatoms. The number of benzene rings is 1. The van der Waals surface area contributed by atoms with Gasteiger partial charge in [0.2, 0.25) is 0 Å². The van der Waals surface area contributed by atoms with Gasteiger partial charge in [0, 0.05) is 12.8 Å². The second-order valence-corrected chi connectivity index (χ2v) is 7.52. The second-order valence-electron chi connectivity index (χ2n) is 7.52. The van der Waals surface area contributed by atoms with Crippen LogP contribution in [0.1, 0.15) is 63.5 Å². The van der Waals surface area contributed by atoms with Gasteiger partial charge in [-0.3, -0.25) is 4.79 Å². The van der Waals surface area contributed by atoms with Crippen molar-refractivity contribution in [2.45, 2.75) is 58.8 Å². The lowest BCUT2D eigenvalue weighted by Crippen LogP contribution is -2.25. The quantitative estimate of drug-likeness (QED) is 0.821. The molecule has 2 N–H and O–H groups in total. The average molecular weight is 287 g/mol. The van der Waals surface area contributed by atoms with Crippen molar-refractivity contribution in [3.8, 4) is 0 Å². The summed E-state index contributed by atoms with van der Waals surface area (Å²) in [6.45, 7) is 7.46. The zero-order valence-electron chi connectivity index (χ0n) is 13.7. The van der Waals surface area contributed by atoms with Crippen LogP contribution in [0.25, 0.3) is 0 Å². The van der Waals surface area contributed by atoms with Crippen LogP contribution < -0.4 is 5.73 Å². The normalized spacial score (nSPS) is 18.8. The summed E-state index contributed by atoms with van der Waals surface area (Å²) in [6.07, 6.45) is 4.50. The van der Waals surface area contributed by atoms with Crippen molar-refractivity contribution in [1.82, 2.24) is 0 Å². The van der Waals surface area contributed by atoms with E-state index in [1.165, 1.54) is 11.1 Å². The first-order valence-electron chi connectivity index (χ1n) is 8.21. The highest BCUT2D eigenvalue weighted by atomic mass is 16.1. The van der Waals surface area contributed by atoms with Crippen molar-refractivity contribution >= 4 is 5.78 Å². The summed E-state index contributed by atoms with van der Waals surface area (Å²) in [5.41, 5.74) is 8.76. The molecule has 0 heterocycles. The summed E-state index contributed by atoms with van der Waals surface area (Å²) < 4.78 is 0. The Labute approximate surface area is 129 Å². The van der Waals surface area contributed by atoms with Crippen molar-refractivity contribution in [2.75, 3.05) is 6.54 Å². The number of ketones is 1. The topological polar surface area (TPSA) is 43.1 Å². The number of rotatable bonds is 7. The van der Waals surface area contributed by atoms with Crippen LogP contribution in [0.5, 0.6) is 0 Å². The van der Waals surface area contributed by atoms with Crippen LogP contribution in [0, 0.1) is 11.3 Å². The van der Waals surface area contributed by atoms with E-state index in [1.807, 2.05) is 0 Å². The van der Waals surface area contributed by atoms with Gasteiger partial charge in [-0.1, -0.05) is 45.0 Å². The number of carbonyl (C=O) groups is 1. The van der Waals surface area contributed by atoms with E-state index in [0.29, 0.717) is 30.6 Å². The molecule has 2 atom stereocenters. The molecule has 0 bridgehead atoms. The molecule has 0 aromatic heterocycles. The lowest BCUT2D eigenvalue weighted by Gasteiger charge is -2.31. The van der Waals surface area contributed by atoms with Crippen LogP contribution in [0.15, 0.2) is 24.3 Å². The molecule has 1 aromatic rings. The fourth-order valence-electron chi connectivity index (χ4n) is 3.47. The fourth-order valence-corrected chi connectivity index (χ4v) is 3.47. The standard InChI is InChI=1S/C19H29NO/c1-19(2,3)16(10-11-20)8-9-17(21)13-15-12-14-6-4-5-7-18(14)15/h4-7,15-16H,8-13,20H2,1-3H3. The van der Waals surface area contributed by atoms with Crippen LogP contribution in [-0.4, -0.2) is 12.3 Å². The van der Waals surface area contributed by atoms with Crippen molar-refractivity contribution < 1.29 is 4.79 Å². The Morgan fingerprint density at radius 1 is 1.29 bits per heavy atom. The molecule has 0 aliphatic heterocycles. The molecular formula is C19H29NO. The lowest BCUT2D eigenvalue weighted by atomic mass is 9.73. The van der Waals surface area contributed by atoms with E-state index >= 15 is 0 Å². The Balaban J connectivity index is 1.80. The van der Waals surface area contributed by atoms with E-state index in [1.54, 1.807) is 0 Å². The van der Waals surface area contributed by atoms with Gasteiger partial charge in [0.15, 0.2) is 0 Å². The van der Waals surface area contributed by atoms with Gasteiger partial charge in [0.1, 0.15) is 5.78 Å². The zero-order chi connectivity index (χ0) is 15.5. The lowest BCUT2D eigenvalue weighted by molar-refractivity contribution is -0.120. The summed E-state index contributed by atoms with van der Waals surface area (Å²) >= 11 is 0. The maximum atomic E-state index is 12.3. The van der Waals surface area contributed by atoms with Gasteiger partial charge in [-0.2, -0.15) is 0 Å². The van der Waals surface area contributed by atoms with E-state index in [-0.39, 0.29) is 5.41 Å². The Bertz CT molecular complexity index is 487. The molecule has 2 rings (SSSR count). The molecule has 0 radical (unpaired) electrons. The van der Waals surface area contributed by atoms with Gasteiger partial charge in [-0.15, -0.1) is 0 Å². The molecule has 0 fully saturated rings. The van der Waals surface area contributed by atoms with E-state index in [2.05, 4.69) is 45.0 Å². The molecule has 0 amide bonds. The minimum Gasteiger partial charge on any atom is -0.330 e. The Morgan fingerprint density at radius 2 is 2.00 bits per heavy atom. The Morgan fingerprint density at radius 3 is 2.62 bits per heavy atom. The zero-order valence-corrected chi connectivity index (χ0v) is 13.7. The number of hydrogen-bond donors (Lipinski definition) is 1. The summed E-state index contributed by atoms with van der Waals surface area (Å²) in [6, 6.07) is 8.50. The first kappa shape index (κ1) is 16.2. The first-order valence-corrected chi connectivity index (χ1v) is 8.21. The van der Waals surface area contributed by atoms with Crippen molar-refractivity contribution in [3.05, 3.63) is 35.4 Å². The molecule has 2 unspecified atom stereocenters. The minimum atomic E-state index is 0.239. The molecule has 1 aliphatic rings. The molecule has 21 heavy (non-hydrogen) atoms. The van der Waals surface area contributed by atoms with Crippen molar-refractivity contribution in [3.63, 3.8) is 0 Å². The third-order valence-electron chi connectivity index (χ3n) is 4.95. The predicted molar refractivity (Wildman–Crippen MR) is 88.4 cm³/mol. The van der Waals surface area contributed by atoms with Crippen LogP contribution in [-0.2, 0) is 11.2 Å². The van der Waals surface area contributed by atoms with Gasteiger partial charge in [0.25, 0.3) is 0 Å². The van der Waals surface area contributed by atoms with Crippen LogP contribution in [0.4, 0.5) is 0 Å². The van der Waals surface area contributed by atoms with E-state index < -0.39 is 0 Å². The smallest absolute Gasteiger partial charge is 0.133 e. The largest absolute Gasteiger partial charge is 0.330 e. The maximum absolute atomic E-state index is 12.3. The van der Waals surface area contributed by atoms with Gasteiger partial charge < -0.3 is 5.73 Å². The Kier molecular flexibility index (Phi) is 5.21. The summed E-state index contributed by atoms with van der Waals surface area (Å²) in [5.74, 6) is 1.43. The minimum absolute atomic E-state index is 0.239. The molecule has 0 saturated heterocycles. The third-order valence-corrected chi connectivity index (χ3v) is 4.95. The molecule has 1 aromatic carbocycles. The maximum Gasteiger partial charge on any atom is 0.133 e. The van der Waals surface area contributed by atoms with Gasteiger partial charge in [0.05, 0.1) is 0 Å². The van der Waals surface area contributed by atoms with E-state index in [9.17, 15) is 4.79 Å². The highest BCUT2D eigenvalue weighted by Gasteiger charge is 2.28. The fraction of sp³-hybridized carbons (Fsp3) is 0.632. The predicted octanol–water partition coefficient (Wildman–Crippen LogP) is 4.08. The van der Waals surface area contributed by atoms with Gasteiger partial charge in [-0.25, -0.2) is 0 Å². The van der Waals surface area contributed by atoms with Gasteiger partial charge in [-0.05, 0) is 54.2 Å². The number of carbonyl (C=O) groups excluding carboxylic acids is 1. The monoisotopic (exact) mass is 287 g/mol. The molecule has 2 nitrogen and oxygen atoms in total. The van der Waals surface area contributed by atoms with Crippen LogP contribution in [0.2, 0.25) is 0 Å². The Hall–Kier alpha value is -1.15. The summed E-state index contributed by atoms with van der Waals surface area (Å²) in [4.78, 5) is 12.3. The number of fused-ring (bicyclic) bond motifs is 1. The SMILES string of the molecule is CC(C)(C)C(CCN)CCC(=O)CC1Cc2ccccc21. The van der Waals surface area contributed by atoms with Crippen molar-refractivity contribution in [1.29, 1.82) is 0 Å². The highest BCUT2D eigenvalue weighted by molar-refractivity contribution is 5.79. The second kappa shape index (κ2) is 6.74. The summed E-state index contributed by atoms with van der Waals surface area (Å²) in [7, 11) is 0. The van der Waals surface area contributed by atoms with Gasteiger partial charge >= 0.3 is 0 Å². The summed E-state index contributed by atoms with van der Waals surface area (Å²) in [5, 5.41) is 0. The van der Waals surface area contributed by atoms with Crippen LogP contribution in [0.3, 0.4) is 0 Å². The van der Waals surface area contributed by atoms with E-state index in [4.69, 9.17) is 5.73 Å². The molecule has 116 valence electrons. The molecule has 0 saturated carbocycles. The molecule has 1 aliphatic carbocycles. The average Bonchev–Trinajstić information content (AvgIpc) is 2.39. The number of Topliss-reactive ketones (excluding diaryl/α,β-unsaturated/α-hetero) is 1. The number of nitrogens with two attached hydrogens (primary N) is 1. The van der Waals surface area contributed by atoms with Crippen molar-refractivity contribution in [2.24, 2.45) is 17.1 Å². The molecular weight excluding hydrogens is 258 g/mol.